The van der Waals surface area contributed by atoms with Gasteiger partial charge in [0.05, 0.1) is 34.0 Å². The predicted molar refractivity (Wildman–Crippen MR) is 116 cm³/mol. The van der Waals surface area contributed by atoms with Crippen molar-refractivity contribution in [1.29, 1.82) is 0 Å². The van der Waals surface area contributed by atoms with Gasteiger partial charge in [-0.3, -0.25) is 0 Å². The zero-order valence-corrected chi connectivity index (χ0v) is 19.2. The molecule has 2 aromatic rings. The van der Waals surface area contributed by atoms with Crippen LogP contribution in [0.2, 0.25) is 0 Å². The fourth-order valence-electron chi connectivity index (χ4n) is 3.32. The molecule has 1 aromatic heterocycles. The molecule has 0 amide bonds. The molecule has 1 aliphatic heterocycles. The molecule has 0 saturated carbocycles. The van der Waals surface area contributed by atoms with E-state index in [9.17, 15) is 18.1 Å². The lowest BCUT2D eigenvalue weighted by Crippen LogP contribution is -2.48. The van der Waals surface area contributed by atoms with E-state index in [-0.39, 0.29) is 4.90 Å². The molecule has 1 saturated heterocycles. The number of hydrogen-bond donors (Lipinski definition) is 1. The molecule has 5 nitrogen and oxygen atoms in total. The van der Waals surface area contributed by atoms with E-state index in [1.165, 1.54) is 58.8 Å². The smallest absolute Gasteiger partial charge is 0.124 e. The van der Waals surface area contributed by atoms with Gasteiger partial charge in [0.25, 0.3) is 0 Å². The summed E-state index contributed by atoms with van der Waals surface area (Å²) >= 11 is 4.28. The molecule has 0 spiro atoms. The third-order valence-electron chi connectivity index (χ3n) is 4.86. The number of aliphatic hydroxyl groups excluding tert-OH is 1. The minimum atomic E-state index is -4.27. The summed E-state index contributed by atoms with van der Waals surface area (Å²) in [6.45, 7) is 6.84. The normalized spacial score (nSPS) is 16.0. The molecule has 1 fully saturated rings. The second-order valence-corrected chi connectivity index (χ2v) is 11.3. The Hall–Kier alpha value is -0.520. The third-order valence-corrected chi connectivity index (χ3v) is 7.66. The first-order valence-electron chi connectivity index (χ1n) is 8.97. The van der Waals surface area contributed by atoms with Crippen molar-refractivity contribution in [2.75, 3.05) is 32.8 Å². The van der Waals surface area contributed by atoms with E-state index in [1.807, 2.05) is 18.3 Å². The van der Waals surface area contributed by atoms with E-state index in [0.717, 1.165) is 16.6 Å². The zero-order chi connectivity index (χ0) is 19.9. The Morgan fingerprint density at radius 2 is 1.74 bits per heavy atom. The summed E-state index contributed by atoms with van der Waals surface area (Å²) in [6, 6.07) is 10.2. The standard InChI is InChI=1S/C12H19INOS.C7H8O3S/c13-12-4-3-11(16-12)5-8-14(9-10-15)6-1-2-7-14;1-6-2-4-7(5-3-6)11(8,9)10/h3-4,15H,1-2,5-10H2;2-5H,1H3,(H,8,9,10)/q+1;/p-1. The highest BCUT2D eigenvalue weighted by atomic mass is 127. The van der Waals surface area contributed by atoms with Crippen molar-refractivity contribution in [3.63, 3.8) is 0 Å². The van der Waals surface area contributed by atoms with Gasteiger partial charge in [-0.1, -0.05) is 17.7 Å². The van der Waals surface area contributed by atoms with Crippen molar-refractivity contribution in [3.8, 4) is 0 Å². The Morgan fingerprint density at radius 3 is 2.22 bits per heavy atom. The number of aryl methyl sites for hydroxylation is 1. The predicted octanol–water partition coefficient (Wildman–Crippen LogP) is 3.40. The molecule has 150 valence electrons. The molecule has 0 unspecified atom stereocenters. The van der Waals surface area contributed by atoms with E-state index >= 15 is 0 Å². The van der Waals surface area contributed by atoms with Gasteiger partial charge >= 0.3 is 0 Å². The third kappa shape index (κ3) is 7.43. The lowest BCUT2D eigenvalue weighted by molar-refractivity contribution is -0.916. The monoisotopic (exact) mass is 523 g/mol. The van der Waals surface area contributed by atoms with Crippen LogP contribution < -0.4 is 0 Å². The highest BCUT2D eigenvalue weighted by molar-refractivity contribution is 14.1. The van der Waals surface area contributed by atoms with Crippen LogP contribution >= 0.6 is 33.9 Å². The van der Waals surface area contributed by atoms with Gasteiger partial charge in [-0.2, -0.15) is 0 Å². The summed E-state index contributed by atoms with van der Waals surface area (Å²) in [5, 5.41) is 9.18. The number of halogens is 1. The van der Waals surface area contributed by atoms with Gasteiger partial charge in [-0.25, -0.2) is 8.42 Å². The fraction of sp³-hybridized carbons (Fsp3) is 0.474. The lowest BCUT2D eigenvalue weighted by atomic mass is 10.2. The topological polar surface area (TPSA) is 77.4 Å². The van der Waals surface area contributed by atoms with E-state index in [2.05, 4.69) is 34.7 Å². The lowest BCUT2D eigenvalue weighted by Gasteiger charge is -2.33. The maximum Gasteiger partial charge on any atom is 0.124 e. The molecule has 0 atom stereocenters. The summed E-state index contributed by atoms with van der Waals surface area (Å²) in [6.07, 6.45) is 3.84. The average molecular weight is 523 g/mol. The van der Waals surface area contributed by atoms with Gasteiger partial charge in [0.1, 0.15) is 16.7 Å². The summed E-state index contributed by atoms with van der Waals surface area (Å²) in [7, 11) is -4.27. The Balaban J connectivity index is 0.000000208. The van der Waals surface area contributed by atoms with Crippen LogP contribution in [0.3, 0.4) is 0 Å². The number of nitrogens with zero attached hydrogens (tertiary/aromatic N) is 1. The summed E-state index contributed by atoms with van der Waals surface area (Å²) in [4.78, 5) is 1.31. The number of rotatable bonds is 6. The second-order valence-electron chi connectivity index (χ2n) is 6.89. The van der Waals surface area contributed by atoms with Crippen molar-refractivity contribution >= 4 is 44.0 Å². The molecule has 2 heterocycles. The number of benzene rings is 1. The second kappa shape index (κ2) is 10.3. The van der Waals surface area contributed by atoms with Crippen LogP contribution in [0.1, 0.15) is 23.3 Å². The maximum atomic E-state index is 10.4. The average Bonchev–Trinajstić information content (AvgIpc) is 3.23. The van der Waals surface area contributed by atoms with E-state index in [0.29, 0.717) is 6.61 Å². The van der Waals surface area contributed by atoms with Crippen LogP contribution in [-0.4, -0.2) is 55.3 Å². The quantitative estimate of drug-likeness (QED) is 0.358. The summed E-state index contributed by atoms with van der Waals surface area (Å²) < 4.78 is 33.7. The first-order chi connectivity index (χ1) is 12.7. The van der Waals surface area contributed by atoms with Crippen molar-refractivity contribution < 1.29 is 22.6 Å². The molecule has 8 heteroatoms. The highest BCUT2D eigenvalue weighted by Crippen LogP contribution is 2.23. The molecular weight excluding hydrogens is 497 g/mol. The molecule has 27 heavy (non-hydrogen) atoms. The number of aliphatic hydroxyl groups is 1. The molecule has 0 bridgehead atoms. The maximum absolute atomic E-state index is 10.4. The summed E-state index contributed by atoms with van der Waals surface area (Å²) in [5.41, 5.74) is 0.928. The van der Waals surface area contributed by atoms with Crippen molar-refractivity contribution in [2.45, 2.75) is 31.1 Å². The largest absolute Gasteiger partial charge is 0.744 e. The van der Waals surface area contributed by atoms with E-state index in [4.69, 9.17) is 0 Å². The highest BCUT2D eigenvalue weighted by Gasteiger charge is 2.30. The molecule has 0 radical (unpaired) electrons. The van der Waals surface area contributed by atoms with Crippen LogP contribution in [-0.2, 0) is 16.5 Å². The SMILES string of the molecule is Cc1ccc(S(=O)(=O)[O-])cc1.OCC[N+]1(CCc2ccc(I)s2)CCCC1. The molecule has 1 aromatic carbocycles. The van der Waals surface area contributed by atoms with Crippen LogP contribution in [0, 0.1) is 9.81 Å². The summed E-state index contributed by atoms with van der Waals surface area (Å²) in [5.74, 6) is 0. The fourth-order valence-corrected chi connectivity index (χ4v) is 5.53. The van der Waals surface area contributed by atoms with Crippen LogP contribution in [0.15, 0.2) is 41.3 Å². The Bertz CT molecular complexity index is 812. The van der Waals surface area contributed by atoms with Gasteiger partial charge in [-0.15, -0.1) is 11.3 Å². The van der Waals surface area contributed by atoms with Crippen molar-refractivity contribution in [2.24, 2.45) is 0 Å². The Morgan fingerprint density at radius 1 is 1.11 bits per heavy atom. The first kappa shape index (κ1) is 22.8. The van der Waals surface area contributed by atoms with Crippen molar-refractivity contribution in [1.82, 2.24) is 0 Å². The minimum Gasteiger partial charge on any atom is -0.744 e. The van der Waals surface area contributed by atoms with Gasteiger partial charge in [0.2, 0.25) is 0 Å². The number of quaternary nitrogens is 1. The van der Waals surface area contributed by atoms with Crippen LogP contribution in [0.25, 0.3) is 0 Å². The minimum absolute atomic E-state index is 0.178. The Labute approximate surface area is 179 Å². The number of likely N-dealkylation sites (tertiary alicyclic amines) is 1. The number of thiophene rings is 1. The van der Waals surface area contributed by atoms with E-state index < -0.39 is 10.1 Å². The molecule has 1 N–H and O–H groups in total. The molecule has 3 rings (SSSR count). The molecule has 0 aliphatic carbocycles. The molecular formula is C19H26INO4S2. The van der Waals surface area contributed by atoms with Crippen LogP contribution in [0.4, 0.5) is 0 Å². The van der Waals surface area contributed by atoms with Crippen LogP contribution in [0.5, 0.6) is 0 Å². The van der Waals surface area contributed by atoms with E-state index in [1.54, 1.807) is 12.1 Å². The van der Waals surface area contributed by atoms with Gasteiger partial charge in [0, 0.05) is 24.1 Å². The van der Waals surface area contributed by atoms with Gasteiger partial charge < -0.3 is 14.1 Å². The van der Waals surface area contributed by atoms with Gasteiger partial charge in [0.15, 0.2) is 0 Å². The Kier molecular flexibility index (Phi) is 8.70. The number of hydrogen-bond acceptors (Lipinski definition) is 5. The first-order valence-corrected chi connectivity index (χ1v) is 12.3. The van der Waals surface area contributed by atoms with Crippen molar-refractivity contribution in [3.05, 3.63) is 49.7 Å². The molecule has 1 aliphatic rings. The van der Waals surface area contributed by atoms with Gasteiger partial charge in [-0.05, 0) is 53.8 Å². The zero-order valence-electron chi connectivity index (χ0n) is 15.4.